The Hall–Kier alpha value is -1.44. The molecule has 0 bridgehead atoms. The minimum Gasteiger partial charge on any atom is -0.479 e. The van der Waals surface area contributed by atoms with Crippen LogP contribution >= 0.6 is 0 Å². The zero-order valence-electron chi connectivity index (χ0n) is 12.6. The quantitative estimate of drug-likeness (QED) is 0.727. The summed E-state index contributed by atoms with van der Waals surface area (Å²) in [5, 5.41) is 17.7. The van der Waals surface area contributed by atoms with Crippen molar-refractivity contribution in [2.45, 2.75) is 45.1 Å². The van der Waals surface area contributed by atoms with Crippen LogP contribution in [0.1, 0.15) is 28.7 Å². The number of carboxylic acid groups (broad SMARTS) is 1. The highest BCUT2D eigenvalue weighted by molar-refractivity contribution is 7.89. The van der Waals surface area contributed by atoms with E-state index in [0.717, 1.165) is 11.1 Å². The van der Waals surface area contributed by atoms with Gasteiger partial charge in [-0.15, -0.1) is 0 Å². The van der Waals surface area contributed by atoms with Gasteiger partial charge in [-0.1, -0.05) is 6.07 Å². The van der Waals surface area contributed by atoms with Crippen LogP contribution in [0.3, 0.4) is 0 Å². The topological polar surface area (TPSA) is 104 Å². The van der Waals surface area contributed by atoms with Crippen molar-refractivity contribution in [2.75, 3.05) is 6.54 Å². The summed E-state index contributed by atoms with van der Waals surface area (Å²) < 4.78 is 27.1. The standard InChI is InChI=1S/C14H21NO5S/c1-8-7-9(2)11(4)13(10(8)3)21(19,20)15-6-5-12(16)14(17)18/h7,12,15-16H,5-6H2,1-4H3,(H,17,18)/t12-/m0/s1. The van der Waals surface area contributed by atoms with Crippen molar-refractivity contribution < 1.29 is 23.4 Å². The number of aliphatic hydroxyl groups is 1. The van der Waals surface area contributed by atoms with Crippen LogP contribution in [0.2, 0.25) is 0 Å². The molecule has 0 heterocycles. The van der Waals surface area contributed by atoms with Crippen molar-refractivity contribution in [3.63, 3.8) is 0 Å². The van der Waals surface area contributed by atoms with Gasteiger partial charge in [-0.2, -0.15) is 0 Å². The Balaban J connectivity index is 3.02. The minimum atomic E-state index is -3.74. The largest absolute Gasteiger partial charge is 0.479 e. The second-order valence-electron chi connectivity index (χ2n) is 5.13. The molecule has 0 aliphatic rings. The molecule has 0 spiro atoms. The molecule has 0 saturated heterocycles. The Labute approximate surface area is 124 Å². The monoisotopic (exact) mass is 315 g/mol. The second kappa shape index (κ2) is 6.55. The molecule has 0 aromatic heterocycles. The van der Waals surface area contributed by atoms with E-state index in [0.29, 0.717) is 11.1 Å². The Kier molecular flexibility index (Phi) is 5.49. The van der Waals surface area contributed by atoms with Crippen LogP contribution in [-0.2, 0) is 14.8 Å². The molecule has 1 aromatic carbocycles. The number of sulfonamides is 1. The van der Waals surface area contributed by atoms with Gasteiger partial charge in [0.25, 0.3) is 0 Å². The van der Waals surface area contributed by atoms with Crippen LogP contribution in [0.5, 0.6) is 0 Å². The average Bonchev–Trinajstić information content (AvgIpc) is 2.35. The Morgan fingerprint density at radius 1 is 1.19 bits per heavy atom. The summed E-state index contributed by atoms with van der Waals surface area (Å²) in [5.74, 6) is -1.37. The van der Waals surface area contributed by atoms with Gasteiger partial charge < -0.3 is 10.2 Å². The molecule has 0 fully saturated rings. The van der Waals surface area contributed by atoms with Crippen LogP contribution in [0.25, 0.3) is 0 Å². The van der Waals surface area contributed by atoms with E-state index in [1.54, 1.807) is 13.8 Å². The predicted octanol–water partition coefficient (Wildman–Crippen LogP) is 1.03. The molecule has 1 aromatic rings. The van der Waals surface area contributed by atoms with E-state index in [-0.39, 0.29) is 17.9 Å². The molecule has 1 rings (SSSR count). The van der Waals surface area contributed by atoms with Crippen molar-refractivity contribution in [1.29, 1.82) is 0 Å². The summed E-state index contributed by atoms with van der Waals surface area (Å²) in [6, 6.07) is 1.93. The third-order valence-electron chi connectivity index (χ3n) is 3.56. The highest BCUT2D eigenvalue weighted by Crippen LogP contribution is 2.25. The number of aliphatic carboxylic acids is 1. The molecule has 118 valence electrons. The molecule has 0 amide bonds. The molecule has 0 unspecified atom stereocenters. The van der Waals surface area contributed by atoms with Crippen molar-refractivity contribution in [3.05, 3.63) is 28.3 Å². The van der Waals surface area contributed by atoms with E-state index in [1.165, 1.54) is 0 Å². The van der Waals surface area contributed by atoms with Crippen LogP contribution in [-0.4, -0.2) is 37.2 Å². The van der Waals surface area contributed by atoms with Crippen LogP contribution in [0.4, 0.5) is 0 Å². The smallest absolute Gasteiger partial charge is 0.332 e. The minimum absolute atomic E-state index is 0.137. The Bertz CT molecular complexity index is 626. The number of aryl methyl sites for hydroxylation is 2. The zero-order chi connectivity index (χ0) is 16.4. The fraction of sp³-hybridized carbons (Fsp3) is 0.500. The normalized spacial score (nSPS) is 13.2. The van der Waals surface area contributed by atoms with E-state index in [4.69, 9.17) is 10.2 Å². The Morgan fingerprint density at radius 2 is 1.67 bits per heavy atom. The number of hydrogen-bond donors (Lipinski definition) is 3. The number of nitrogens with one attached hydrogen (secondary N) is 1. The maximum Gasteiger partial charge on any atom is 0.332 e. The first-order valence-electron chi connectivity index (χ1n) is 6.56. The predicted molar refractivity (Wildman–Crippen MR) is 78.8 cm³/mol. The molecule has 21 heavy (non-hydrogen) atoms. The van der Waals surface area contributed by atoms with Crippen LogP contribution < -0.4 is 4.72 Å². The fourth-order valence-corrected chi connectivity index (χ4v) is 3.77. The van der Waals surface area contributed by atoms with Crippen molar-refractivity contribution >= 4 is 16.0 Å². The summed E-state index contributed by atoms with van der Waals surface area (Å²) in [7, 11) is -3.74. The van der Waals surface area contributed by atoms with Gasteiger partial charge in [0, 0.05) is 6.54 Å². The number of hydrogen-bond acceptors (Lipinski definition) is 4. The van der Waals surface area contributed by atoms with E-state index < -0.39 is 22.1 Å². The van der Waals surface area contributed by atoms with Gasteiger partial charge in [0.1, 0.15) is 0 Å². The summed E-state index contributed by atoms with van der Waals surface area (Å²) in [6.07, 6.45) is -1.76. The van der Waals surface area contributed by atoms with Crippen LogP contribution in [0, 0.1) is 27.7 Å². The van der Waals surface area contributed by atoms with Crippen molar-refractivity contribution in [2.24, 2.45) is 0 Å². The summed E-state index contributed by atoms with van der Waals surface area (Å²) in [4.78, 5) is 10.7. The number of carbonyl (C=O) groups is 1. The van der Waals surface area contributed by atoms with E-state index in [2.05, 4.69) is 4.72 Å². The first kappa shape index (κ1) is 17.6. The first-order valence-corrected chi connectivity index (χ1v) is 8.04. The zero-order valence-corrected chi connectivity index (χ0v) is 13.4. The molecule has 7 heteroatoms. The molecule has 0 radical (unpaired) electrons. The maximum atomic E-state index is 12.4. The van der Waals surface area contributed by atoms with Gasteiger partial charge in [0.2, 0.25) is 10.0 Å². The molecule has 0 saturated carbocycles. The molecular formula is C14H21NO5S. The number of carboxylic acids is 1. The number of rotatable bonds is 6. The van der Waals surface area contributed by atoms with Crippen molar-refractivity contribution in [3.8, 4) is 0 Å². The van der Waals surface area contributed by atoms with Crippen LogP contribution in [0.15, 0.2) is 11.0 Å². The van der Waals surface area contributed by atoms with Gasteiger partial charge >= 0.3 is 5.97 Å². The van der Waals surface area contributed by atoms with Gasteiger partial charge in [-0.05, 0) is 56.4 Å². The third-order valence-corrected chi connectivity index (χ3v) is 5.29. The number of aliphatic hydroxyl groups excluding tert-OH is 1. The van der Waals surface area contributed by atoms with Gasteiger partial charge in [-0.3, -0.25) is 0 Å². The Morgan fingerprint density at radius 3 is 2.10 bits per heavy atom. The lowest BCUT2D eigenvalue weighted by molar-refractivity contribution is -0.146. The average molecular weight is 315 g/mol. The summed E-state index contributed by atoms with van der Waals surface area (Å²) in [6.45, 7) is 7.02. The second-order valence-corrected chi connectivity index (χ2v) is 6.83. The highest BCUT2D eigenvalue weighted by atomic mass is 32.2. The maximum absolute atomic E-state index is 12.4. The van der Waals surface area contributed by atoms with Crippen molar-refractivity contribution in [1.82, 2.24) is 4.72 Å². The number of benzene rings is 1. The summed E-state index contributed by atoms with van der Waals surface area (Å²) >= 11 is 0. The van der Waals surface area contributed by atoms with Gasteiger partial charge in [0.05, 0.1) is 4.90 Å². The first-order chi connectivity index (χ1) is 9.58. The fourth-order valence-electron chi connectivity index (χ4n) is 2.11. The highest BCUT2D eigenvalue weighted by Gasteiger charge is 2.22. The molecule has 0 aliphatic heterocycles. The van der Waals surface area contributed by atoms with Gasteiger partial charge in [0.15, 0.2) is 6.10 Å². The lowest BCUT2D eigenvalue weighted by Gasteiger charge is -2.16. The third kappa shape index (κ3) is 4.03. The molecule has 3 N–H and O–H groups in total. The lowest BCUT2D eigenvalue weighted by atomic mass is 10.0. The molecular weight excluding hydrogens is 294 g/mol. The lowest BCUT2D eigenvalue weighted by Crippen LogP contribution is -2.31. The van der Waals surface area contributed by atoms with E-state index in [1.807, 2.05) is 19.9 Å². The summed E-state index contributed by atoms with van der Waals surface area (Å²) in [5.41, 5.74) is 3.10. The van der Waals surface area contributed by atoms with Gasteiger partial charge in [-0.25, -0.2) is 17.9 Å². The van der Waals surface area contributed by atoms with E-state index in [9.17, 15) is 13.2 Å². The molecule has 6 nitrogen and oxygen atoms in total. The van der Waals surface area contributed by atoms with E-state index >= 15 is 0 Å². The SMILES string of the molecule is Cc1cc(C)c(C)c(S(=O)(=O)NCC[C@H](O)C(=O)O)c1C. The molecule has 0 aliphatic carbocycles. The molecule has 1 atom stereocenters.